The summed E-state index contributed by atoms with van der Waals surface area (Å²) in [6.45, 7) is 0.788. The molecule has 0 aliphatic carbocycles. The minimum atomic E-state index is 0.158. The molecular formula is C14H14N2O. The van der Waals surface area contributed by atoms with Crippen molar-refractivity contribution in [2.75, 3.05) is 6.61 Å². The highest BCUT2D eigenvalue weighted by Gasteiger charge is 2.09. The van der Waals surface area contributed by atoms with Gasteiger partial charge >= 0.3 is 0 Å². The van der Waals surface area contributed by atoms with Gasteiger partial charge in [0, 0.05) is 47.2 Å². The van der Waals surface area contributed by atoms with E-state index in [1.54, 1.807) is 0 Å². The monoisotopic (exact) mass is 226 g/mol. The van der Waals surface area contributed by atoms with Crippen LogP contribution in [0.5, 0.6) is 0 Å². The second-order valence-electron chi connectivity index (χ2n) is 4.08. The Balaban J connectivity index is 2.25. The molecule has 17 heavy (non-hydrogen) atoms. The van der Waals surface area contributed by atoms with Crippen molar-refractivity contribution in [1.82, 2.24) is 9.55 Å². The van der Waals surface area contributed by atoms with Gasteiger partial charge in [-0.1, -0.05) is 18.2 Å². The van der Waals surface area contributed by atoms with E-state index in [-0.39, 0.29) is 6.61 Å². The highest BCUT2D eigenvalue weighted by Crippen LogP contribution is 2.30. The highest BCUT2D eigenvalue weighted by atomic mass is 16.3. The number of nitrogens with zero attached hydrogens (tertiary/aromatic N) is 1. The molecule has 0 amide bonds. The van der Waals surface area contributed by atoms with Crippen molar-refractivity contribution >= 4 is 10.9 Å². The minimum absolute atomic E-state index is 0.158. The smallest absolute Gasteiger partial charge is 0.0610 e. The molecule has 0 atom stereocenters. The van der Waals surface area contributed by atoms with Crippen LogP contribution >= 0.6 is 0 Å². The molecule has 2 heterocycles. The van der Waals surface area contributed by atoms with E-state index in [0.717, 1.165) is 5.52 Å². The lowest BCUT2D eigenvalue weighted by Crippen LogP contribution is -1.99. The average Bonchev–Trinajstić information content (AvgIpc) is 2.97. The zero-order chi connectivity index (χ0) is 11.7. The van der Waals surface area contributed by atoms with E-state index in [0.29, 0.717) is 6.54 Å². The first-order valence-electron chi connectivity index (χ1n) is 5.72. The first-order chi connectivity index (χ1) is 8.40. The number of aliphatic hydroxyl groups is 1. The van der Waals surface area contributed by atoms with E-state index in [1.807, 2.05) is 24.5 Å². The summed E-state index contributed by atoms with van der Waals surface area (Å²) in [7, 11) is 0. The normalized spacial score (nSPS) is 11.1. The number of hydrogen-bond acceptors (Lipinski definition) is 1. The molecule has 3 aromatic rings. The molecule has 86 valence electrons. The van der Waals surface area contributed by atoms with Crippen molar-refractivity contribution < 1.29 is 5.11 Å². The maximum atomic E-state index is 9.09. The molecule has 0 saturated carbocycles. The van der Waals surface area contributed by atoms with E-state index in [1.165, 1.54) is 16.5 Å². The van der Waals surface area contributed by atoms with Crippen LogP contribution in [0.3, 0.4) is 0 Å². The van der Waals surface area contributed by atoms with Crippen LogP contribution in [-0.2, 0) is 6.54 Å². The lowest BCUT2D eigenvalue weighted by atomic mass is 10.1. The zero-order valence-electron chi connectivity index (χ0n) is 9.43. The van der Waals surface area contributed by atoms with E-state index in [2.05, 4.69) is 33.9 Å². The largest absolute Gasteiger partial charge is 0.395 e. The van der Waals surface area contributed by atoms with Crippen LogP contribution in [0.4, 0.5) is 0 Å². The SMILES string of the molecule is OCCn1cc(-c2cc[nH]c2)c2ccccc21. The van der Waals surface area contributed by atoms with Gasteiger partial charge < -0.3 is 14.7 Å². The summed E-state index contributed by atoms with van der Waals surface area (Å²) in [5, 5.41) is 10.3. The summed E-state index contributed by atoms with van der Waals surface area (Å²) in [5.41, 5.74) is 3.55. The third kappa shape index (κ3) is 1.65. The number of benzene rings is 1. The lowest BCUT2D eigenvalue weighted by molar-refractivity contribution is 0.278. The summed E-state index contributed by atoms with van der Waals surface area (Å²) in [6, 6.07) is 10.3. The molecule has 0 spiro atoms. The second kappa shape index (κ2) is 4.11. The molecule has 0 aliphatic rings. The molecule has 0 radical (unpaired) electrons. The van der Waals surface area contributed by atoms with Crippen molar-refractivity contribution in [3.8, 4) is 11.1 Å². The molecule has 1 aromatic carbocycles. The van der Waals surface area contributed by atoms with Gasteiger partial charge in [-0.05, 0) is 12.1 Å². The molecule has 3 nitrogen and oxygen atoms in total. The molecule has 0 aliphatic heterocycles. The van der Waals surface area contributed by atoms with Gasteiger partial charge in [-0.15, -0.1) is 0 Å². The van der Waals surface area contributed by atoms with Crippen molar-refractivity contribution in [2.24, 2.45) is 0 Å². The number of nitrogens with one attached hydrogen (secondary N) is 1. The summed E-state index contributed by atoms with van der Waals surface area (Å²) < 4.78 is 2.09. The molecule has 0 saturated heterocycles. The number of hydrogen-bond donors (Lipinski definition) is 2. The molecular weight excluding hydrogens is 212 g/mol. The Kier molecular flexibility index (Phi) is 2.46. The number of para-hydroxylation sites is 1. The van der Waals surface area contributed by atoms with Gasteiger partial charge in [-0.3, -0.25) is 0 Å². The van der Waals surface area contributed by atoms with Crippen molar-refractivity contribution in [3.05, 3.63) is 48.9 Å². The molecule has 0 bridgehead atoms. The van der Waals surface area contributed by atoms with Gasteiger partial charge in [0.25, 0.3) is 0 Å². The Labute approximate surface area is 99.3 Å². The summed E-state index contributed by atoms with van der Waals surface area (Å²) in [4.78, 5) is 3.08. The van der Waals surface area contributed by atoms with Crippen LogP contribution in [0.1, 0.15) is 0 Å². The molecule has 0 fully saturated rings. The second-order valence-corrected chi connectivity index (χ2v) is 4.08. The first kappa shape index (κ1) is 10.2. The molecule has 0 unspecified atom stereocenters. The quantitative estimate of drug-likeness (QED) is 0.708. The Morgan fingerprint density at radius 3 is 2.82 bits per heavy atom. The summed E-state index contributed by atoms with van der Waals surface area (Å²) in [6.07, 6.45) is 6.02. The number of fused-ring (bicyclic) bond motifs is 1. The predicted molar refractivity (Wildman–Crippen MR) is 68.8 cm³/mol. The predicted octanol–water partition coefficient (Wildman–Crippen LogP) is 2.63. The first-order valence-corrected chi connectivity index (χ1v) is 5.72. The Bertz CT molecular complexity index is 623. The van der Waals surface area contributed by atoms with Crippen LogP contribution in [0, 0.1) is 0 Å². The zero-order valence-corrected chi connectivity index (χ0v) is 9.43. The van der Waals surface area contributed by atoms with Crippen molar-refractivity contribution in [1.29, 1.82) is 0 Å². The van der Waals surface area contributed by atoms with Gasteiger partial charge in [-0.25, -0.2) is 0 Å². The third-order valence-corrected chi connectivity index (χ3v) is 3.04. The van der Waals surface area contributed by atoms with Crippen LogP contribution in [0.15, 0.2) is 48.9 Å². The van der Waals surface area contributed by atoms with Gasteiger partial charge in [0.2, 0.25) is 0 Å². The van der Waals surface area contributed by atoms with Crippen LogP contribution < -0.4 is 0 Å². The topological polar surface area (TPSA) is 41.0 Å². The van der Waals surface area contributed by atoms with Gasteiger partial charge in [0.05, 0.1) is 6.61 Å². The third-order valence-electron chi connectivity index (χ3n) is 3.04. The van der Waals surface area contributed by atoms with E-state index in [4.69, 9.17) is 5.11 Å². The summed E-state index contributed by atoms with van der Waals surface area (Å²) in [5.74, 6) is 0. The number of rotatable bonds is 3. The van der Waals surface area contributed by atoms with Gasteiger partial charge in [0.15, 0.2) is 0 Å². The molecule has 2 aromatic heterocycles. The highest BCUT2D eigenvalue weighted by molar-refractivity contribution is 5.95. The van der Waals surface area contributed by atoms with E-state index < -0.39 is 0 Å². The standard InChI is InChI=1S/C14H14N2O/c17-8-7-16-10-13(11-5-6-15-9-11)12-3-1-2-4-14(12)16/h1-6,9-10,15,17H,7-8H2. The summed E-state index contributed by atoms with van der Waals surface area (Å²) >= 11 is 0. The van der Waals surface area contributed by atoms with Crippen molar-refractivity contribution in [3.63, 3.8) is 0 Å². The van der Waals surface area contributed by atoms with Gasteiger partial charge in [0.1, 0.15) is 0 Å². The fourth-order valence-corrected chi connectivity index (χ4v) is 2.26. The van der Waals surface area contributed by atoms with Crippen LogP contribution in [0.25, 0.3) is 22.0 Å². The Morgan fingerprint density at radius 1 is 1.18 bits per heavy atom. The molecule has 3 rings (SSSR count). The number of aromatic nitrogens is 2. The molecule has 2 N–H and O–H groups in total. The Morgan fingerprint density at radius 2 is 2.06 bits per heavy atom. The van der Waals surface area contributed by atoms with Crippen molar-refractivity contribution in [2.45, 2.75) is 6.54 Å². The number of H-pyrrole nitrogens is 1. The van der Waals surface area contributed by atoms with E-state index in [9.17, 15) is 0 Å². The Hall–Kier alpha value is -2.00. The fourth-order valence-electron chi connectivity index (χ4n) is 2.26. The lowest BCUT2D eigenvalue weighted by Gasteiger charge is -2.00. The fraction of sp³-hybridized carbons (Fsp3) is 0.143. The maximum absolute atomic E-state index is 9.09. The van der Waals surface area contributed by atoms with Gasteiger partial charge in [-0.2, -0.15) is 0 Å². The van der Waals surface area contributed by atoms with E-state index >= 15 is 0 Å². The average molecular weight is 226 g/mol. The minimum Gasteiger partial charge on any atom is -0.395 e. The van der Waals surface area contributed by atoms with Crippen LogP contribution in [-0.4, -0.2) is 21.3 Å². The number of aliphatic hydroxyl groups excluding tert-OH is 1. The number of aromatic amines is 1. The van der Waals surface area contributed by atoms with Crippen LogP contribution in [0.2, 0.25) is 0 Å². The molecule has 3 heteroatoms. The maximum Gasteiger partial charge on any atom is 0.0610 e.